The zero-order valence-electron chi connectivity index (χ0n) is 20.0. The van der Waals surface area contributed by atoms with Gasteiger partial charge in [0.15, 0.2) is 0 Å². The molecule has 1 aromatic rings. The molecule has 2 bridgehead atoms. The largest absolute Gasteiger partial charge is 0.374 e. The van der Waals surface area contributed by atoms with E-state index in [4.69, 9.17) is 11.6 Å². The van der Waals surface area contributed by atoms with E-state index in [-0.39, 0.29) is 18.7 Å². The van der Waals surface area contributed by atoms with Crippen LogP contribution in [0.2, 0.25) is 5.02 Å². The molecule has 5 rings (SSSR count). The van der Waals surface area contributed by atoms with E-state index in [2.05, 4.69) is 16.0 Å². The molecule has 0 spiro atoms. The number of anilines is 1. The highest BCUT2D eigenvalue weighted by Crippen LogP contribution is 2.49. The molecule has 11 heteroatoms. The van der Waals surface area contributed by atoms with Crippen molar-refractivity contribution in [3.63, 3.8) is 0 Å². The molecule has 8 nitrogen and oxygen atoms in total. The van der Waals surface area contributed by atoms with E-state index in [1.807, 2.05) is 6.07 Å². The Bertz CT molecular complexity index is 1060. The Balaban J connectivity index is 1.52. The molecule has 0 aromatic heterocycles. The van der Waals surface area contributed by atoms with Crippen LogP contribution in [-0.4, -0.2) is 59.3 Å². The molecule has 3 aliphatic heterocycles. The van der Waals surface area contributed by atoms with E-state index in [1.165, 1.54) is 4.90 Å². The average molecular weight is 522 g/mol. The van der Waals surface area contributed by atoms with E-state index in [9.17, 15) is 28.4 Å². The number of benzene rings is 1. The molecule has 3 saturated heterocycles. The van der Waals surface area contributed by atoms with Gasteiger partial charge in [0, 0.05) is 35.6 Å². The molecular formula is C25H30ClF2N5O3. The summed E-state index contributed by atoms with van der Waals surface area (Å²) in [4.78, 5) is 40.3. The Morgan fingerprint density at radius 1 is 1.33 bits per heavy atom. The lowest BCUT2D eigenvalue weighted by atomic mass is 9.71. The molecule has 3 amide bonds. The Kier molecular flexibility index (Phi) is 7.69. The van der Waals surface area contributed by atoms with Gasteiger partial charge < -0.3 is 20.9 Å². The van der Waals surface area contributed by atoms with Gasteiger partial charge in [0.25, 0.3) is 5.92 Å². The molecule has 3 heterocycles. The summed E-state index contributed by atoms with van der Waals surface area (Å²) < 4.78 is 29.8. The number of hydrogen-bond donors (Lipinski definition) is 3. The molecule has 0 unspecified atom stereocenters. The molecule has 194 valence electrons. The Morgan fingerprint density at radius 3 is 2.78 bits per heavy atom. The van der Waals surface area contributed by atoms with Gasteiger partial charge in [-0.25, -0.2) is 8.78 Å². The van der Waals surface area contributed by atoms with Crippen molar-refractivity contribution in [3.05, 3.63) is 29.3 Å². The van der Waals surface area contributed by atoms with Crippen LogP contribution in [0.25, 0.3) is 0 Å². The summed E-state index contributed by atoms with van der Waals surface area (Å²) >= 11 is 6.02. The van der Waals surface area contributed by atoms with Crippen molar-refractivity contribution in [1.82, 2.24) is 15.5 Å². The van der Waals surface area contributed by atoms with Crippen LogP contribution in [0.4, 0.5) is 14.5 Å². The van der Waals surface area contributed by atoms with Crippen molar-refractivity contribution in [2.45, 2.75) is 75.5 Å². The number of nitrogens with one attached hydrogen (secondary N) is 3. The average Bonchev–Trinajstić information content (AvgIpc) is 2.83. The zero-order chi connectivity index (χ0) is 26.0. The van der Waals surface area contributed by atoms with Crippen LogP contribution in [0.3, 0.4) is 0 Å². The molecule has 3 N–H and O–H groups in total. The first-order valence-corrected chi connectivity index (χ1v) is 12.7. The number of carbonyl (C=O) groups is 3. The fourth-order valence-corrected chi connectivity index (χ4v) is 5.87. The fourth-order valence-electron chi connectivity index (χ4n) is 5.68. The molecule has 1 saturated carbocycles. The van der Waals surface area contributed by atoms with E-state index in [0.717, 1.165) is 6.42 Å². The number of piperidine rings is 3. The summed E-state index contributed by atoms with van der Waals surface area (Å²) in [7, 11) is 0. The van der Waals surface area contributed by atoms with Crippen molar-refractivity contribution in [2.24, 2.45) is 11.8 Å². The van der Waals surface area contributed by atoms with Crippen LogP contribution in [0.15, 0.2) is 24.3 Å². The maximum Gasteiger partial charge on any atom is 0.255 e. The predicted octanol–water partition coefficient (Wildman–Crippen LogP) is 3.08. The van der Waals surface area contributed by atoms with Gasteiger partial charge >= 0.3 is 0 Å². The predicted molar refractivity (Wildman–Crippen MR) is 129 cm³/mol. The third-order valence-corrected chi connectivity index (χ3v) is 7.66. The second-order valence-corrected chi connectivity index (χ2v) is 10.4. The first-order chi connectivity index (χ1) is 17.1. The second-order valence-electron chi connectivity index (χ2n) is 9.93. The molecule has 4 aliphatic rings. The van der Waals surface area contributed by atoms with Gasteiger partial charge in [-0.2, -0.15) is 5.26 Å². The van der Waals surface area contributed by atoms with Crippen LogP contribution in [0.1, 0.15) is 45.4 Å². The smallest absolute Gasteiger partial charge is 0.255 e. The highest BCUT2D eigenvalue weighted by Gasteiger charge is 2.60. The second kappa shape index (κ2) is 10.6. The van der Waals surface area contributed by atoms with Gasteiger partial charge in [-0.1, -0.05) is 17.7 Å². The zero-order valence-corrected chi connectivity index (χ0v) is 20.7. The molecule has 1 aliphatic carbocycles. The number of hydrogen-bond acceptors (Lipinski definition) is 5. The minimum absolute atomic E-state index is 0.0892. The molecular weight excluding hydrogens is 492 g/mol. The van der Waals surface area contributed by atoms with Crippen LogP contribution < -0.4 is 16.0 Å². The SMILES string of the molecule is C[C@H](Nc1cccc(Cl)c1)C(=O)N1[C@@H]2CC[C@H]([C@@H]1C(=O)N[C@@H](C#N)C[C@H]1CCCNC1=O)C(F)(F)C2. The maximum atomic E-state index is 14.9. The van der Waals surface area contributed by atoms with Gasteiger partial charge in [0.2, 0.25) is 17.7 Å². The first-order valence-electron chi connectivity index (χ1n) is 12.3. The summed E-state index contributed by atoms with van der Waals surface area (Å²) in [6.07, 6.45) is 1.43. The van der Waals surface area contributed by atoms with E-state index in [1.54, 1.807) is 31.2 Å². The quantitative estimate of drug-likeness (QED) is 0.510. The Hall–Kier alpha value is -2.93. The van der Waals surface area contributed by atoms with E-state index in [0.29, 0.717) is 30.1 Å². The first kappa shape index (κ1) is 26.1. The maximum absolute atomic E-state index is 14.9. The molecule has 0 radical (unpaired) electrons. The summed E-state index contributed by atoms with van der Waals surface area (Å²) in [5, 5.41) is 18.4. The molecule has 6 atom stereocenters. The van der Waals surface area contributed by atoms with Crippen molar-refractivity contribution in [3.8, 4) is 6.07 Å². The number of fused-ring (bicyclic) bond motifs is 3. The lowest BCUT2D eigenvalue weighted by molar-refractivity contribution is -0.194. The lowest BCUT2D eigenvalue weighted by Crippen LogP contribution is -2.70. The van der Waals surface area contributed by atoms with Gasteiger partial charge in [-0.05, 0) is 57.2 Å². The van der Waals surface area contributed by atoms with Crippen LogP contribution in [-0.2, 0) is 14.4 Å². The number of nitriles is 1. The summed E-state index contributed by atoms with van der Waals surface area (Å²) in [5.41, 5.74) is 0.590. The van der Waals surface area contributed by atoms with Crippen molar-refractivity contribution < 1.29 is 23.2 Å². The molecule has 4 fully saturated rings. The third kappa shape index (κ3) is 5.41. The molecule has 36 heavy (non-hydrogen) atoms. The number of halogens is 3. The Morgan fingerprint density at radius 2 is 2.11 bits per heavy atom. The Labute approximate surface area is 213 Å². The van der Waals surface area contributed by atoms with Crippen LogP contribution >= 0.6 is 11.6 Å². The summed E-state index contributed by atoms with van der Waals surface area (Å²) in [6, 6.07) is 4.74. The lowest BCUT2D eigenvalue weighted by Gasteiger charge is -2.54. The minimum Gasteiger partial charge on any atom is -0.374 e. The number of alkyl halides is 2. The molecule has 1 aromatic carbocycles. The van der Waals surface area contributed by atoms with Crippen molar-refractivity contribution in [2.75, 3.05) is 11.9 Å². The number of nitrogens with zero attached hydrogens (tertiary/aromatic N) is 2. The standard InChI is InChI=1S/C25H30ClF2N5O3/c1-14(31-17-6-2-5-16(26)11-17)24(36)33-19-7-8-20(25(27,28)12-19)21(33)23(35)32-18(13-29)10-15-4-3-9-30-22(15)34/h2,5-6,11,14-15,18-21,31H,3-4,7-10,12H2,1H3,(H,30,34)(H,32,35)/t14-,15+,18+,19+,20+,21+/m0/s1. The monoisotopic (exact) mass is 521 g/mol. The third-order valence-electron chi connectivity index (χ3n) is 7.43. The fraction of sp³-hybridized carbons (Fsp3) is 0.600. The number of amides is 3. The van der Waals surface area contributed by atoms with Crippen LogP contribution in [0, 0.1) is 23.2 Å². The van der Waals surface area contributed by atoms with Crippen LogP contribution in [0.5, 0.6) is 0 Å². The van der Waals surface area contributed by atoms with E-state index >= 15 is 0 Å². The van der Waals surface area contributed by atoms with Crippen molar-refractivity contribution in [1.29, 1.82) is 5.26 Å². The van der Waals surface area contributed by atoms with Gasteiger partial charge in [0.1, 0.15) is 18.1 Å². The highest BCUT2D eigenvalue weighted by molar-refractivity contribution is 6.30. The number of rotatable bonds is 7. The summed E-state index contributed by atoms with van der Waals surface area (Å²) in [6.45, 7) is 2.18. The number of carbonyl (C=O) groups excluding carboxylic acids is 3. The topological polar surface area (TPSA) is 114 Å². The minimum atomic E-state index is -3.10. The van der Waals surface area contributed by atoms with Crippen molar-refractivity contribution >= 4 is 35.0 Å². The normalized spacial score (nSPS) is 28.4. The van der Waals surface area contributed by atoms with Gasteiger partial charge in [-0.3, -0.25) is 14.4 Å². The van der Waals surface area contributed by atoms with E-state index < -0.39 is 60.2 Å². The summed E-state index contributed by atoms with van der Waals surface area (Å²) in [5.74, 6) is -6.32. The van der Waals surface area contributed by atoms with Gasteiger partial charge in [0.05, 0.1) is 12.0 Å². The highest BCUT2D eigenvalue weighted by atomic mass is 35.5. The van der Waals surface area contributed by atoms with Gasteiger partial charge in [-0.15, -0.1) is 0 Å².